The van der Waals surface area contributed by atoms with Crippen LogP contribution in [0.25, 0.3) is 22.3 Å². The number of carbonyl (C=O) groups is 1. The number of aliphatic imine (C=N–C) groups is 1. The Morgan fingerprint density at radius 2 is 2.00 bits per heavy atom. The van der Waals surface area contributed by atoms with Crippen molar-refractivity contribution in [3.05, 3.63) is 47.9 Å². The minimum absolute atomic E-state index is 0.138. The molecule has 0 radical (unpaired) electrons. The van der Waals surface area contributed by atoms with Crippen LogP contribution in [0.4, 0.5) is 0 Å². The van der Waals surface area contributed by atoms with Crippen LogP contribution in [-0.2, 0) is 11.8 Å². The first-order valence-corrected chi connectivity index (χ1v) is 11.6. The molecular formula is C25H31N7O. The van der Waals surface area contributed by atoms with Crippen LogP contribution in [0.15, 0.2) is 41.7 Å². The lowest BCUT2D eigenvalue weighted by Crippen LogP contribution is -2.47. The number of nitrogens with zero attached hydrogens (tertiary/aromatic N) is 6. The molecule has 5 rings (SSSR count). The number of hydrogen-bond acceptors (Lipinski definition) is 5. The monoisotopic (exact) mass is 445 g/mol. The highest BCUT2D eigenvalue weighted by atomic mass is 16.2. The fraction of sp³-hybridized carbons (Fsp3) is 0.440. The van der Waals surface area contributed by atoms with Crippen molar-refractivity contribution in [3.63, 3.8) is 0 Å². The molecule has 2 aliphatic rings. The molecule has 0 aromatic carbocycles. The average molecular weight is 446 g/mol. The van der Waals surface area contributed by atoms with Gasteiger partial charge in [-0.25, -0.2) is 4.98 Å². The van der Waals surface area contributed by atoms with Crippen LogP contribution in [0.2, 0.25) is 0 Å². The summed E-state index contributed by atoms with van der Waals surface area (Å²) in [4.78, 5) is 30.3. The normalized spacial score (nSPS) is 19.5. The van der Waals surface area contributed by atoms with Crippen molar-refractivity contribution in [2.75, 3.05) is 27.2 Å². The van der Waals surface area contributed by atoms with E-state index in [0.717, 1.165) is 65.2 Å². The summed E-state index contributed by atoms with van der Waals surface area (Å²) in [5.74, 6) is 0.138. The predicted octanol–water partition coefficient (Wildman–Crippen LogP) is 2.94. The number of H-pyrrole nitrogens is 1. The van der Waals surface area contributed by atoms with E-state index < -0.39 is 0 Å². The molecule has 0 spiro atoms. The van der Waals surface area contributed by atoms with E-state index in [1.807, 2.05) is 42.0 Å². The molecule has 1 unspecified atom stereocenters. The Labute approximate surface area is 194 Å². The van der Waals surface area contributed by atoms with Crippen molar-refractivity contribution < 1.29 is 4.79 Å². The van der Waals surface area contributed by atoms with Crippen LogP contribution in [0.5, 0.6) is 0 Å². The third-order valence-corrected chi connectivity index (χ3v) is 6.79. The standard InChI is InChI=1S/C25H31N7O/c1-16-20(15-31(4)29-16)23-13-17-12-18(14-26-24(17)28-23)21-6-5-7-22(27-21)25(33)32-10-8-19(9-11-32)30(2)3/h5-6,12-15,19,22H,7-11H2,1-4H3,(H,26,28). The third-order valence-electron chi connectivity index (χ3n) is 6.79. The molecule has 1 atom stereocenters. The highest BCUT2D eigenvalue weighted by Crippen LogP contribution is 2.26. The molecule has 0 aliphatic carbocycles. The van der Waals surface area contributed by atoms with Crippen molar-refractivity contribution in [3.8, 4) is 11.3 Å². The van der Waals surface area contributed by atoms with E-state index in [1.54, 1.807) is 0 Å². The zero-order valence-corrected chi connectivity index (χ0v) is 19.7. The van der Waals surface area contributed by atoms with E-state index in [0.29, 0.717) is 12.5 Å². The molecule has 5 heterocycles. The van der Waals surface area contributed by atoms with Gasteiger partial charge in [0.05, 0.1) is 17.1 Å². The van der Waals surface area contributed by atoms with Crippen LogP contribution in [0, 0.1) is 6.92 Å². The second-order valence-electron chi connectivity index (χ2n) is 9.33. The van der Waals surface area contributed by atoms with Crippen LogP contribution in [-0.4, -0.2) is 80.4 Å². The number of aryl methyl sites for hydroxylation is 2. The summed E-state index contributed by atoms with van der Waals surface area (Å²) < 4.78 is 1.82. The lowest BCUT2D eigenvalue weighted by atomic mass is 10.0. The Morgan fingerprint density at radius 3 is 2.70 bits per heavy atom. The number of aromatic nitrogens is 4. The molecule has 1 fully saturated rings. The number of likely N-dealkylation sites (tertiary alicyclic amines) is 1. The molecule has 172 valence electrons. The van der Waals surface area contributed by atoms with Crippen LogP contribution in [0.1, 0.15) is 30.5 Å². The van der Waals surface area contributed by atoms with Gasteiger partial charge in [-0.3, -0.25) is 14.5 Å². The topological polar surface area (TPSA) is 82.4 Å². The Morgan fingerprint density at radius 1 is 1.21 bits per heavy atom. The summed E-state index contributed by atoms with van der Waals surface area (Å²) in [5.41, 5.74) is 5.60. The second kappa shape index (κ2) is 8.59. The van der Waals surface area contributed by atoms with Gasteiger partial charge >= 0.3 is 0 Å². The van der Waals surface area contributed by atoms with Gasteiger partial charge in [0.25, 0.3) is 0 Å². The lowest BCUT2D eigenvalue weighted by molar-refractivity contribution is -0.133. The molecule has 1 saturated heterocycles. The summed E-state index contributed by atoms with van der Waals surface area (Å²) >= 11 is 0. The maximum atomic E-state index is 13.2. The van der Waals surface area contributed by atoms with Gasteiger partial charge in [0.1, 0.15) is 11.7 Å². The molecule has 8 nitrogen and oxygen atoms in total. The predicted molar refractivity (Wildman–Crippen MR) is 130 cm³/mol. The Kier molecular flexibility index (Phi) is 5.62. The van der Waals surface area contributed by atoms with Gasteiger partial charge in [-0.05, 0) is 58.5 Å². The van der Waals surface area contributed by atoms with Crippen molar-refractivity contribution in [1.29, 1.82) is 0 Å². The number of allylic oxidation sites excluding steroid dienone is 1. The summed E-state index contributed by atoms with van der Waals surface area (Å²) in [7, 11) is 6.15. The summed E-state index contributed by atoms with van der Waals surface area (Å²) in [6.07, 6.45) is 10.6. The number of rotatable bonds is 4. The van der Waals surface area contributed by atoms with Gasteiger partial charge in [-0.2, -0.15) is 5.10 Å². The third kappa shape index (κ3) is 4.23. The molecule has 2 aliphatic heterocycles. The van der Waals surface area contributed by atoms with Gasteiger partial charge in [0, 0.05) is 55.1 Å². The summed E-state index contributed by atoms with van der Waals surface area (Å²) in [6.45, 7) is 3.61. The van der Waals surface area contributed by atoms with E-state index in [4.69, 9.17) is 4.99 Å². The molecule has 3 aromatic rings. The molecular weight excluding hydrogens is 414 g/mol. The van der Waals surface area contributed by atoms with E-state index in [9.17, 15) is 4.79 Å². The van der Waals surface area contributed by atoms with Gasteiger partial charge < -0.3 is 14.8 Å². The highest BCUT2D eigenvalue weighted by Gasteiger charge is 2.29. The zero-order chi connectivity index (χ0) is 23.1. The fourth-order valence-corrected chi connectivity index (χ4v) is 4.88. The van der Waals surface area contributed by atoms with Crippen molar-refractivity contribution in [1.82, 2.24) is 29.5 Å². The van der Waals surface area contributed by atoms with Crippen molar-refractivity contribution in [2.24, 2.45) is 12.0 Å². The second-order valence-corrected chi connectivity index (χ2v) is 9.33. The SMILES string of the molecule is Cc1nn(C)cc1-c1cc2cc(C3=NC(C(=O)N4CCC(N(C)C)CC4)CC=C3)cnc2[nH]1. The minimum Gasteiger partial charge on any atom is -0.341 e. The Hall–Kier alpha value is -3.26. The number of aromatic amines is 1. The lowest BCUT2D eigenvalue weighted by Gasteiger charge is -2.36. The van der Waals surface area contributed by atoms with E-state index in [-0.39, 0.29) is 11.9 Å². The molecule has 0 bridgehead atoms. The smallest absolute Gasteiger partial charge is 0.247 e. The molecule has 33 heavy (non-hydrogen) atoms. The number of nitrogens with one attached hydrogen (secondary N) is 1. The summed E-state index contributed by atoms with van der Waals surface area (Å²) in [5, 5.41) is 5.45. The number of fused-ring (bicyclic) bond motifs is 1. The molecule has 3 aromatic heterocycles. The van der Waals surface area contributed by atoms with Gasteiger partial charge in [-0.1, -0.05) is 6.08 Å². The number of hydrogen-bond donors (Lipinski definition) is 1. The van der Waals surface area contributed by atoms with E-state index >= 15 is 0 Å². The Bertz CT molecular complexity index is 1240. The maximum absolute atomic E-state index is 13.2. The number of piperidine rings is 1. The number of dihydropyridines is 1. The van der Waals surface area contributed by atoms with Crippen molar-refractivity contribution >= 4 is 22.7 Å². The summed E-state index contributed by atoms with van der Waals surface area (Å²) in [6, 6.07) is 4.39. The molecule has 8 heteroatoms. The van der Waals surface area contributed by atoms with Gasteiger partial charge in [-0.15, -0.1) is 0 Å². The number of amides is 1. The van der Waals surface area contributed by atoms with E-state index in [2.05, 4.69) is 52.3 Å². The maximum Gasteiger partial charge on any atom is 0.247 e. The Balaban J connectivity index is 1.36. The average Bonchev–Trinajstić information content (AvgIpc) is 3.40. The number of pyridine rings is 1. The fourth-order valence-electron chi connectivity index (χ4n) is 4.88. The van der Waals surface area contributed by atoms with Crippen LogP contribution < -0.4 is 0 Å². The molecule has 1 amide bonds. The minimum atomic E-state index is -0.351. The van der Waals surface area contributed by atoms with Crippen molar-refractivity contribution in [2.45, 2.75) is 38.3 Å². The zero-order valence-electron chi connectivity index (χ0n) is 19.7. The van der Waals surface area contributed by atoms with E-state index in [1.165, 1.54) is 0 Å². The molecule has 0 saturated carbocycles. The first-order valence-electron chi connectivity index (χ1n) is 11.6. The molecule has 1 N–H and O–H groups in total. The van der Waals surface area contributed by atoms with Crippen LogP contribution in [0.3, 0.4) is 0 Å². The van der Waals surface area contributed by atoms with Crippen LogP contribution >= 0.6 is 0 Å². The largest absolute Gasteiger partial charge is 0.341 e. The van der Waals surface area contributed by atoms with Gasteiger partial charge in [0.15, 0.2) is 0 Å². The first kappa shape index (κ1) is 21.6. The number of carbonyl (C=O) groups excluding carboxylic acids is 1. The highest BCUT2D eigenvalue weighted by molar-refractivity contribution is 6.11. The quantitative estimate of drug-likeness (QED) is 0.669. The van der Waals surface area contributed by atoms with Gasteiger partial charge in [0.2, 0.25) is 5.91 Å². The first-order chi connectivity index (χ1) is 15.9.